The highest BCUT2D eigenvalue weighted by molar-refractivity contribution is 8.00. The van der Waals surface area contributed by atoms with E-state index in [4.69, 9.17) is 14.0 Å². The highest BCUT2D eigenvalue weighted by Gasteiger charge is 2.15. The number of amides is 1. The monoisotopic (exact) mass is 412 g/mol. The summed E-state index contributed by atoms with van der Waals surface area (Å²) in [7, 11) is 1.57. The maximum atomic E-state index is 12.4. The Morgan fingerprint density at radius 1 is 1.14 bits per heavy atom. The maximum absolute atomic E-state index is 12.4. The largest absolute Gasteiger partial charge is 0.497 e. The molecule has 0 fully saturated rings. The summed E-state index contributed by atoms with van der Waals surface area (Å²) in [4.78, 5) is 25.4. The van der Waals surface area contributed by atoms with Crippen molar-refractivity contribution in [1.29, 1.82) is 0 Å². The third-order valence-electron chi connectivity index (χ3n) is 3.84. The number of nitrogens with one attached hydrogen (secondary N) is 1. The van der Waals surface area contributed by atoms with Gasteiger partial charge in [0.2, 0.25) is 5.91 Å². The number of rotatable bonds is 8. The highest BCUT2D eigenvalue weighted by Crippen LogP contribution is 2.24. The fourth-order valence-corrected chi connectivity index (χ4v) is 3.34. The van der Waals surface area contributed by atoms with Gasteiger partial charge in [0.25, 0.3) is 0 Å². The van der Waals surface area contributed by atoms with Crippen molar-refractivity contribution >= 4 is 29.3 Å². The summed E-state index contributed by atoms with van der Waals surface area (Å²) in [5, 5.41) is 6.57. The van der Waals surface area contributed by atoms with Gasteiger partial charge in [-0.3, -0.25) is 4.79 Å². The van der Waals surface area contributed by atoms with E-state index in [1.165, 1.54) is 11.8 Å². The van der Waals surface area contributed by atoms with Crippen molar-refractivity contribution in [1.82, 2.24) is 5.16 Å². The van der Waals surface area contributed by atoms with Crippen molar-refractivity contribution in [2.24, 2.45) is 0 Å². The van der Waals surface area contributed by atoms with Crippen molar-refractivity contribution in [2.45, 2.75) is 18.4 Å². The van der Waals surface area contributed by atoms with E-state index in [1.54, 1.807) is 68.6 Å². The van der Waals surface area contributed by atoms with Gasteiger partial charge in [0.15, 0.2) is 12.4 Å². The highest BCUT2D eigenvalue weighted by atomic mass is 32.2. The van der Waals surface area contributed by atoms with Crippen LogP contribution in [0.4, 0.5) is 5.69 Å². The normalized spacial score (nSPS) is 10.4. The van der Waals surface area contributed by atoms with Gasteiger partial charge in [-0.15, -0.1) is 11.8 Å². The zero-order valence-electron chi connectivity index (χ0n) is 16.0. The lowest BCUT2D eigenvalue weighted by Gasteiger charge is -2.09. The van der Waals surface area contributed by atoms with E-state index < -0.39 is 5.97 Å². The van der Waals surface area contributed by atoms with Crippen LogP contribution in [0.15, 0.2) is 64.0 Å². The molecule has 0 bridgehead atoms. The number of methoxy groups -OCH3 is 1. The van der Waals surface area contributed by atoms with Crippen LogP contribution in [0, 0.1) is 6.92 Å². The second kappa shape index (κ2) is 9.79. The first-order chi connectivity index (χ1) is 14.0. The molecule has 150 valence electrons. The maximum Gasteiger partial charge on any atom is 0.339 e. The van der Waals surface area contributed by atoms with E-state index in [0.717, 1.165) is 0 Å². The van der Waals surface area contributed by atoms with Gasteiger partial charge in [-0.25, -0.2) is 4.79 Å². The Hall–Kier alpha value is -3.26. The summed E-state index contributed by atoms with van der Waals surface area (Å²) in [5.41, 5.74) is 1.75. The van der Waals surface area contributed by atoms with Crippen LogP contribution >= 0.6 is 11.8 Å². The van der Waals surface area contributed by atoms with Crippen LogP contribution in [0.2, 0.25) is 0 Å². The summed E-state index contributed by atoms with van der Waals surface area (Å²) in [6.45, 7) is 1.78. The van der Waals surface area contributed by atoms with E-state index in [-0.39, 0.29) is 18.3 Å². The molecule has 1 heterocycles. The Balaban J connectivity index is 1.58. The number of hydrogen-bond acceptors (Lipinski definition) is 7. The zero-order valence-corrected chi connectivity index (χ0v) is 16.8. The van der Waals surface area contributed by atoms with Crippen molar-refractivity contribution < 1.29 is 23.6 Å². The van der Waals surface area contributed by atoms with Gasteiger partial charge in [0.1, 0.15) is 5.75 Å². The lowest BCUT2D eigenvalue weighted by atomic mass is 10.2. The summed E-state index contributed by atoms with van der Waals surface area (Å²) in [6.07, 6.45) is 0. The lowest BCUT2D eigenvalue weighted by molar-refractivity contribution is -0.113. The molecule has 0 atom stereocenters. The third kappa shape index (κ3) is 5.86. The van der Waals surface area contributed by atoms with Gasteiger partial charge in [0.05, 0.1) is 24.1 Å². The van der Waals surface area contributed by atoms with E-state index in [2.05, 4.69) is 10.5 Å². The molecule has 0 aliphatic heterocycles. The van der Waals surface area contributed by atoms with E-state index in [0.29, 0.717) is 33.4 Å². The van der Waals surface area contributed by atoms with Gasteiger partial charge in [-0.05, 0) is 31.2 Å². The van der Waals surface area contributed by atoms with Gasteiger partial charge < -0.3 is 19.3 Å². The minimum absolute atomic E-state index is 0.00496. The number of carbonyl (C=O) groups is 2. The fraction of sp³-hybridized carbons (Fsp3) is 0.190. The molecule has 0 saturated heterocycles. The standard InChI is InChI=1S/C21H20N2O5S/c1-14-10-17(28-23-14)12-27-21(25)18-8-3-4-9-19(18)29-13-20(24)22-15-6-5-7-16(11-15)26-2/h3-11H,12-13H2,1-2H3,(H,22,24). The minimum atomic E-state index is -0.490. The SMILES string of the molecule is COc1cccc(NC(=O)CSc2ccccc2C(=O)OCc2cc(C)no2)c1. The average molecular weight is 412 g/mol. The van der Waals surface area contributed by atoms with Gasteiger partial charge in [-0.2, -0.15) is 0 Å². The predicted molar refractivity (Wildman–Crippen MR) is 109 cm³/mol. The molecular formula is C21H20N2O5S. The van der Waals surface area contributed by atoms with Crippen LogP contribution in [-0.2, 0) is 16.1 Å². The molecule has 0 aliphatic rings. The molecule has 29 heavy (non-hydrogen) atoms. The number of ether oxygens (including phenoxy) is 2. The number of benzene rings is 2. The molecule has 1 aromatic heterocycles. The molecule has 2 aromatic carbocycles. The van der Waals surface area contributed by atoms with E-state index in [9.17, 15) is 9.59 Å². The van der Waals surface area contributed by atoms with Crippen LogP contribution in [0.25, 0.3) is 0 Å². The number of esters is 1. The number of thioether (sulfide) groups is 1. The van der Waals surface area contributed by atoms with Gasteiger partial charge in [-0.1, -0.05) is 23.4 Å². The molecule has 3 aromatic rings. The topological polar surface area (TPSA) is 90.7 Å². The van der Waals surface area contributed by atoms with Crippen molar-refractivity contribution in [3.05, 3.63) is 71.6 Å². The Morgan fingerprint density at radius 2 is 1.97 bits per heavy atom. The van der Waals surface area contributed by atoms with Crippen LogP contribution in [0.5, 0.6) is 5.75 Å². The van der Waals surface area contributed by atoms with E-state index in [1.807, 2.05) is 0 Å². The number of hydrogen-bond donors (Lipinski definition) is 1. The Kier molecular flexibility index (Phi) is 6.91. The Bertz CT molecular complexity index is 1000. The zero-order chi connectivity index (χ0) is 20.6. The molecule has 3 rings (SSSR count). The second-order valence-corrected chi connectivity index (χ2v) is 7.09. The summed E-state index contributed by atoms with van der Waals surface area (Å²) >= 11 is 1.26. The Morgan fingerprint density at radius 3 is 2.72 bits per heavy atom. The summed E-state index contributed by atoms with van der Waals surface area (Å²) in [6, 6.07) is 15.8. The van der Waals surface area contributed by atoms with E-state index >= 15 is 0 Å². The van der Waals surface area contributed by atoms with Gasteiger partial charge in [0, 0.05) is 22.7 Å². The number of carbonyl (C=O) groups excluding carboxylic acids is 2. The third-order valence-corrected chi connectivity index (χ3v) is 4.92. The first kappa shape index (κ1) is 20.5. The van der Waals surface area contributed by atoms with Crippen molar-refractivity contribution in [2.75, 3.05) is 18.2 Å². The minimum Gasteiger partial charge on any atom is -0.497 e. The molecule has 0 spiro atoms. The van der Waals surface area contributed by atoms with Crippen molar-refractivity contribution in [3.8, 4) is 5.75 Å². The second-order valence-electron chi connectivity index (χ2n) is 6.08. The van der Waals surface area contributed by atoms with Gasteiger partial charge >= 0.3 is 5.97 Å². The quantitative estimate of drug-likeness (QED) is 0.440. The molecule has 1 amide bonds. The molecular weight excluding hydrogens is 392 g/mol. The number of anilines is 1. The smallest absolute Gasteiger partial charge is 0.339 e. The average Bonchev–Trinajstić information content (AvgIpc) is 3.16. The molecule has 8 heteroatoms. The van der Waals surface area contributed by atoms with Crippen LogP contribution in [0.3, 0.4) is 0 Å². The molecule has 1 N–H and O–H groups in total. The van der Waals surface area contributed by atoms with Crippen LogP contribution in [-0.4, -0.2) is 29.9 Å². The summed E-state index contributed by atoms with van der Waals surface area (Å²) in [5.74, 6) is 0.589. The molecule has 0 radical (unpaired) electrons. The molecule has 0 unspecified atom stereocenters. The predicted octanol–water partition coefficient (Wildman–Crippen LogP) is 4.08. The number of aryl methyl sites for hydroxylation is 1. The lowest BCUT2D eigenvalue weighted by Crippen LogP contribution is -2.14. The van der Waals surface area contributed by atoms with Crippen LogP contribution in [0.1, 0.15) is 21.8 Å². The number of nitrogens with zero attached hydrogens (tertiary/aromatic N) is 1. The fourth-order valence-electron chi connectivity index (χ4n) is 2.50. The first-order valence-corrected chi connectivity index (χ1v) is 9.79. The number of aromatic nitrogens is 1. The molecule has 7 nitrogen and oxygen atoms in total. The summed E-state index contributed by atoms with van der Waals surface area (Å²) < 4.78 is 15.5. The first-order valence-electron chi connectivity index (χ1n) is 8.80. The van der Waals surface area contributed by atoms with Crippen molar-refractivity contribution in [3.63, 3.8) is 0 Å². The van der Waals surface area contributed by atoms with Crippen LogP contribution < -0.4 is 10.1 Å². The Labute approximate surface area is 172 Å². The molecule has 0 aliphatic carbocycles. The molecule has 0 saturated carbocycles.